The summed E-state index contributed by atoms with van der Waals surface area (Å²) in [6.45, 7) is 3.33. The van der Waals surface area contributed by atoms with Crippen molar-refractivity contribution in [1.82, 2.24) is 4.98 Å². The molecule has 1 atom stereocenters. The van der Waals surface area contributed by atoms with Crippen LogP contribution in [0.3, 0.4) is 0 Å². The molecule has 4 nitrogen and oxygen atoms in total. The lowest BCUT2D eigenvalue weighted by atomic mass is 10.0. The Morgan fingerprint density at radius 1 is 1.20 bits per heavy atom. The molecule has 3 rings (SSSR count). The number of anilines is 1. The Bertz CT molecular complexity index is 1060. The molecule has 0 radical (unpaired) electrons. The van der Waals surface area contributed by atoms with Crippen LogP contribution in [0.15, 0.2) is 35.2 Å². The lowest BCUT2D eigenvalue weighted by Crippen LogP contribution is -2.26. The van der Waals surface area contributed by atoms with E-state index in [1.54, 1.807) is 13.0 Å². The molecular weight excluding hydrogens is 427 g/mol. The maximum Gasteiger partial charge on any atom is 0.347 e. The molecule has 1 unspecified atom stereocenters. The zero-order valence-corrected chi connectivity index (χ0v) is 17.3. The van der Waals surface area contributed by atoms with Gasteiger partial charge in [-0.2, -0.15) is 8.78 Å². The highest BCUT2D eigenvalue weighted by molar-refractivity contribution is 7.92. The second-order valence-electron chi connectivity index (χ2n) is 7.68. The Morgan fingerprint density at radius 3 is 2.37 bits per heavy atom. The summed E-state index contributed by atoms with van der Waals surface area (Å²) in [6.07, 6.45) is -1.93. The van der Waals surface area contributed by atoms with Crippen LogP contribution in [0.1, 0.15) is 49.7 Å². The predicted molar refractivity (Wildman–Crippen MR) is 102 cm³/mol. The van der Waals surface area contributed by atoms with Gasteiger partial charge in [0.05, 0.1) is 17.2 Å². The SMILES string of the molecule is Cc1cc(NC(C)c2cccc(S(=O)(=O)C(C)(F)F)c2F)cc(C2(C(F)F)CC2)n1. The van der Waals surface area contributed by atoms with Gasteiger partial charge in [0.2, 0.25) is 16.3 Å². The van der Waals surface area contributed by atoms with Gasteiger partial charge in [-0.25, -0.2) is 21.6 Å². The molecule has 1 saturated carbocycles. The molecule has 0 spiro atoms. The van der Waals surface area contributed by atoms with E-state index in [0.717, 1.165) is 6.07 Å². The minimum absolute atomic E-state index is 0.147. The average molecular weight is 448 g/mol. The van der Waals surface area contributed by atoms with Gasteiger partial charge in [-0.05, 0) is 44.9 Å². The first kappa shape index (κ1) is 22.5. The number of aromatic nitrogens is 1. The van der Waals surface area contributed by atoms with E-state index < -0.39 is 43.7 Å². The number of halogens is 5. The predicted octanol–water partition coefficient (Wildman–Crippen LogP) is 5.39. The van der Waals surface area contributed by atoms with Crippen molar-refractivity contribution in [2.24, 2.45) is 0 Å². The molecule has 1 fully saturated rings. The molecule has 30 heavy (non-hydrogen) atoms. The van der Waals surface area contributed by atoms with Crippen LogP contribution >= 0.6 is 0 Å². The molecule has 0 bridgehead atoms. The van der Waals surface area contributed by atoms with Crippen molar-refractivity contribution < 1.29 is 30.4 Å². The van der Waals surface area contributed by atoms with Crippen LogP contribution in [-0.2, 0) is 15.3 Å². The van der Waals surface area contributed by atoms with E-state index >= 15 is 0 Å². The van der Waals surface area contributed by atoms with Crippen LogP contribution in [0.4, 0.5) is 27.6 Å². The normalized spacial score (nSPS) is 17.1. The van der Waals surface area contributed by atoms with Crippen LogP contribution in [-0.4, -0.2) is 25.1 Å². The number of benzene rings is 1. The molecule has 1 N–H and O–H groups in total. The highest BCUT2D eigenvalue weighted by Gasteiger charge is 2.54. The molecule has 0 aliphatic heterocycles. The molecule has 0 amide bonds. The van der Waals surface area contributed by atoms with E-state index in [1.807, 2.05) is 0 Å². The first-order valence-corrected chi connectivity index (χ1v) is 10.7. The molecule has 0 saturated heterocycles. The van der Waals surface area contributed by atoms with E-state index in [4.69, 9.17) is 0 Å². The quantitative estimate of drug-likeness (QED) is 0.578. The fourth-order valence-corrected chi connectivity index (χ4v) is 4.32. The van der Waals surface area contributed by atoms with Gasteiger partial charge in [0, 0.05) is 23.9 Å². The van der Waals surface area contributed by atoms with Gasteiger partial charge in [0.1, 0.15) is 10.7 Å². The van der Waals surface area contributed by atoms with E-state index in [-0.39, 0.29) is 18.2 Å². The lowest BCUT2D eigenvalue weighted by Gasteiger charge is -2.21. The van der Waals surface area contributed by atoms with Crippen LogP contribution in [0.25, 0.3) is 0 Å². The first-order valence-electron chi connectivity index (χ1n) is 9.24. The van der Waals surface area contributed by atoms with Crippen molar-refractivity contribution in [2.45, 2.75) is 61.6 Å². The number of sulfone groups is 1. The molecule has 1 aromatic heterocycles. The molecular formula is C20H21F5N2O2S. The number of aryl methyl sites for hydroxylation is 1. The maximum absolute atomic E-state index is 14.9. The van der Waals surface area contributed by atoms with Gasteiger partial charge in [-0.1, -0.05) is 12.1 Å². The number of rotatable bonds is 7. The van der Waals surface area contributed by atoms with Crippen LogP contribution in [0, 0.1) is 12.7 Å². The summed E-state index contributed by atoms with van der Waals surface area (Å²) in [4.78, 5) is 3.11. The molecule has 2 aromatic rings. The van der Waals surface area contributed by atoms with Crippen LogP contribution in [0.5, 0.6) is 0 Å². The summed E-state index contributed by atoms with van der Waals surface area (Å²) in [6, 6.07) is 5.45. The second-order valence-corrected chi connectivity index (χ2v) is 9.84. The fraction of sp³-hybridized carbons (Fsp3) is 0.450. The van der Waals surface area contributed by atoms with E-state index in [1.165, 1.54) is 25.1 Å². The van der Waals surface area contributed by atoms with Crippen molar-refractivity contribution in [3.8, 4) is 0 Å². The van der Waals surface area contributed by atoms with Crippen molar-refractivity contribution in [3.05, 3.63) is 53.1 Å². The van der Waals surface area contributed by atoms with Crippen LogP contribution < -0.4 is 5.32 Å². The van der Waals surface area contributed by atoms with Gasteiger partial charge < -0.3 is 5.32 Å². The smallest absolute Gasteiger partial charge is 0.347 e. The number of hydrogen-bond acceptors (Lipinski definition) is 4. The molecule has 1 aliphatic rings. The highest BCUT2D eigenvalue weighted by atomic mass is 32.2. The Labute approximate surface area is 171 Å². The fourth-order valence-electron chi connectivity index (χ4n) is 3.32. The third-order valence-corrected chi connectivity index (χ3v) is 7.11. The standard InChI is InChI=1S/C20H21F5N2O2S/c1-11-9-13(10-16(26-11)20(7-8-20)18(22)23)27-12(2)14-5-4-6-15(17(14)21)30(28,29)19(3,24)25/h4-6,9-10,12,18H,7-8H2,1-3H3,(H,26,27). The zero-order valence-electron chi connectivity index (χ0n) is 16.5. The summed E-state index contributed by atoms with van der Waals surface area (Å²) in [5.74, 6) is -1.28. The largest absolute Gasteiger partial charge is 0.378 e. The van der Waals surface area contributed by atoms with Gasteiger partial charge in [-0.3, -0.25) is 4.98 Å². The van der Waals surface area contributed by atoms with Crippen molar-refractivity contribution in [2.75, 3.05) is 5.32 Å². The van der Waals surface area contributed by atoms with Gasteiger partial charge in [-0.15, -0.1) is 0 Å². The highest BCUT2D eigenvalue weighted by Crippen LogP contribution is 2.52. The number of nitrogens with zero attached hydrogens (tertiary/aromatic N) is 1. The third-order valence-electron chi connectivity index (χ3n) is 5.27. The van der Waals surface area contributed by atoms with Gasteiger partial charge in [0.25, 0.3) is 0 Å². The van der Waals surface area contributed by atoms with Gasteiger partial charge in [0.15, 0.2) is 0 Å². The summed E-state index contributed by atoms with van der Waals surface area (Å²) >= 11 is 0. The third kappa shape index (κ3) is 3.89. The first-order chi connectivity index (χ1) is 13.8. The topological polar surface area (TPSA) is 59.1 Å². The molecule has 1 aromatic carbocycles. The minimum Gasteiger partial charge on any atom is -0.378 e. The maximum atomic E-state index is 14.9. The minimum atomic E-state index is -5.20. The Hall–Kier alpha value is -2.23. The number of hydrogen-bond donors (Lipinski definition) is 1. The molecule has 164 valence electrons. The van der Waals surface area contributed by atoms with Crippen LogP contribution in [0.2, 0.25) is 0 Å². The van der Waals surface area contributed by atoms with Crippen molar-refractivity contribution in [1.29, 1.82) is 0 Å². The van der Waals surface area contributed by atoms with Crippen molar-refractivity contribution >= 4 is 15.5 Å². The molecule has 1 aliphatic carbocycles. The summed E-state index contributed by atoms with van der Waals surface area (Å²) in [5, 5.41) is -1.22. The number of nitrogens with one attached hydrogen (secondary N) is 1. The average Bonchev–Trinajstić information content (AvgIpc) is 3.42. The Balaban J connectivity index is 1.94. The number of pyridine rings is 1. The Morgan fingerprint density at radius 2 is 1.83 bits per heavy atom. The summed E-state index contributed by atoms with van der Waals surface area (Å²) in [5.41, 5.74) is -0.319. The monoisotopic (exact) mass is 448 g/mol. The molecule has 1 heterocycles. The van der Waals surface area contributed by atoms with E-state index in [0.29, 0.717) is 24.2 Å². The molecule has 10 heteroatoms. The van der Waals surface area contributed by atoms with Gasteiger partial charge >= 0.3 is 5.25 Å². The lowest BCUT2D eigenvalue weighted by molar-refractivity contribution is 0.0998. The summed E-state index contributed by atoms with van der Waals surface area (Å²) < 4.78 is 92.6. The Kier molecular flexibility index (Phi) is 5.59. The zero-order chi connectivity index (χ0) is 22.5. The summed E-state index contributed by atoms with van der Waals surface area (Å²) in [7, 11) is -5.20. The van der Waals surface area contributed by atoms with E-state index in [2.05, 4.69) is 10.3 Å². The van der Waals surface area contributed by atoms with Crippen molar-refractivity contribution in [3.63, 3.8) is 0 Å². The second kappa shape index (κ2) is 7.47. The van der Waals surface area contributed by atoms with E-state index in [9.17, 15) is 30.4 Å². The number of alkyl halides is 4.